The van der Waals surface area contributed by atoms with Crippen molar-refractivity contribution in [3.8, 4) is 29.0 Å². The SMILES string of the molecule is CCc1cc(C#N)c2nc(N3CC[C@@H](NC4CCOCC4)C[C@H]3C)c(-c3nc(C)no3)c(C)c2c1.CCc1cc(I)c2nc(N3CC[C@@H](NC4CCOCC4)C[C@H]3C)c(-c3nc(C)no3)c(C)c2c1.C[C@@H]1C[C@H](NC2CCOCC2)CCN1. The zero-order valence-corrected chi connectivity index (χ0v) is 52.9. The molecule has 6 aliphatic rings. The van der Waals surface area contributed by atoms with Crippen LogP contribution in [0.4, 0.5) is 11.6 Å². The molecule has 10 heterocycles. The van der Waals surface area contributed by atoms with E-state index in [1.807, 2.05) is 19.9 Å². The van der Waals surface area contributed by atoms with Gasteiger partial charge >= 0.3 is 0 Å². The zero-order valence-electron chi connectivity index (χ0n) is 50.7. The molecule has 0 unspecified atom stereocenters. The predicted molar refractivity (Wildman–Crippen MR) is 336 cm³/mol. The summed E-state index contributed by atoms with van der Waals surface area (Å²) in [5.41, 5.74) is 8.87. The van der Waals surface area contributed by atoms with Gasteiger partial charge < -0.3 is 54.3 Å². The highest BCUT2D eigenvalue weighted by Gasteiger charge is 2.35. The summed E-state index contributed by atoms with van der Waals surface area (Å²) >= 11 is 2.43. The molecule has 4 aromatic heterocycles. The maximum absolute atomic E-state index is 9.92. The molecule has 6 aliphatic heterocycles. The molecule has 6 aromatic rings. The molecule has 0 aliphatic carbocycles. The van der Waals surface area contributed by atoms with Crippen molar-refractivity contribution in [1.29, 1.82) is 5.26 Å². The van der Waals surface area contributed by atoms with Crippen LogP contribution in [0.25, 0.3) is 44.7 Å². The van der Waals surface area contributed by atoms with E-state index in [0.29, 0.717) is 71.3 Å². The minimum atomic E-state index is 0.272. The van der Waals surface area contributed by atoms with E-state index >= 15 is 0 Å². The van der Waals surface area contributed by atoms with Crippen molar-refractivity contribution in [2.24, 2.45) is 0 Å². The first-order valence-corrected chi connectivity index (χ1v) is 32.2. The highest BCUT2D eigenvalue weighted by atomic mass is 127. The van der Waals surface area contributed by atoms with E-state index in [1.165, 1.54) is 46.7 Å². The summed E-state index contributed by atoms with van der Waals surface area (Å²) in [6, 6.07) is 15.9. The third-order valence-corrected chi connectivity index (χ3v) is 19.0. The molecule has 6 fully saturated rings. The van der Waals surface area contributed by atoms with Gasteiger partial charge in [-0.2, -0.15) is 15.2 Å². The Kier molecular flexibility index (Phi) is 21.0. The standard InChI is InChI=1S/C27H34N6O2.C26H34IN5O2.C11H22N2O/c1-5-19-13-20(15-28)25-23(14-19)17(3)24(27-29-18(4)32-35-27)26(31-25)33-9-6-22(12-16(33)2)30-21-7-10-34-11-8-21;1-5-18-13-21-16(3)23(26-28-17(4)31-34-26)25(30-24(21)22(27)14-18)32-9-6-20(12-15(32)2)29-19-7-10-33-11-8-19;1-9-8-11(2-5-12-9)13-10-3-6-14-7-4-10/h13-14,16,21-22,30H,5-12H2,1-4H3;13-15,19-20,29H,5-12H2,1-4H3;9-13H,2-8H2,1H3/t16-,22-;15-,20-;9-,11-/m111/s1. The van der Waals surface area contributed by atoms with Crippen LogP contribution in [0.1, 0.15) is 151 Å². The summed E-state index contributed by atoms with van der Waals surface area (Å²) in [7, 11) is 0. The molecule has 0 spiro atoms. The Morgan fingerprint density at radius 1 is 0.566 bits per heavy atom. The van der Waals surface area contributed by atoms with Gasteiger partial charge in [-0.25, -0.2) is 9.97 Å². The average molecular weight is 1250 g/mol. The summed E-state index contributed by atoms with van der Waals surface area (Å²) in [6.45, 7) is 27.4. The molecule has 6 saturated heterocycles. The van der Waals surface area contributed by atoms with E-state index in [4.69, 9.17) is 33.2 Å². The van der Waals surface area contributed by atoms with Gasteiger partial charge in [-0.1, -0.05) is 24.2 Å². The molecule has 4 N–H and O–H groups in total. The Balaban J connectivity index is 0.000000151. The van der Waals surface area contributed by atoms with E-state index in [2.05, 4.69) is 147 Å². The van der Waals surface area contributed by atoms with Crippen molar-refractivity contribution >= 4 is 56.0 Å². The summed E-state index contributed by atoms with van der Waals surface area (Å²) in [4.78, 5) is 24.4. The molecule has 0 bridgehead atoms. The molecule has 18 nitrogen and oxygen atoms in total. The topological polar surface area (TPSA) is 210 Å². The van der Waals surface area contributed by atoms with Crippen LogP contribution < -0.4 is 31.1 Å². The van der Waals surface area contributed by atoms with Gasteiger partial charge in [0.25, 0.3) is 11.8 Å². The van der Waals surface area contributed by atoms with Crippen molar-refractivity contribution < 1.29 is 23.3 Å². The van der Waals surface area contributed by atoms with E-state index in [-0.39, 0.29) is 6.04 Å². The number of pyridine rings is 2. The third kappa shape index (κ3) is 14.8. The van der Waals surface area contributed by atoms with Crippen molar-refractivity contribution in [3.05, 3.63) is 67.3 Å². The number of rotatable bonds is 12. The van der Waals surface area contributed by atoms with E-state index in [9.17, 15) is 5.26 Å². The van der Waals surface area contributed by atoms with Crippen molar-refractivity contribution in [1.82, 2.24) is 51.5 Å². The third-order valence-electron chi connectivity index (χ3n) is 18.2. The van der Waals surface area contributed by atoms with Crippen LogP contribution in [-0.2, 0) is 27.1 Å². The van der Waals surface area contributed by atoms with Crippen molar-refractivity contribution in [3.63, 3.8) is 0 Å². The Bertz CT molecular complexity index is 3160. The maximum atomic E-state index is 9.92. The second-order valence-corrected chi connectivity index (χ2v) is 25.4. The average Bonchev–Trinajstić information content (AvgIpc) is 4.07. The van der Waals surface area contributed by atoms with Crippen LogP contribution in [0.2, 0.25) is 0 Å². The molecule has 0 amide bonds. The molecule has 448 valence electrons. The van der Waals surface area contributed by atoms with Gasteiger partial charge in [-0.15, -0.1) is 0 Å². The van der Waals surface area contributed by atoms with Crippen LogP contribution in [-0.4, -0.2) is 144 Å². The summed E-state index contributed by atoms with van der Waals surface area (Å²) in [5, 5.41) is 35.2. The smallest absolute Gasteiger partial charge is 0.261 e. The number of aromatic nitrogens is 6. The Morgan fingerprint density at radius 2 is 1.00 bits per heavy atom. The highest BCUT2D eigenvalue weighted by Crippen LogP contribution is 2.42. The fourth-order valence-corrected chi connectivity index (χ4v) is 14.3. The lowest BCUT2D eigenvalue weighted by Gasteiger charge is -2.41. The van der Waals surface area contributed by atoms with Gasteiger partial charge in [0.05, 0.1) is 27.7 Å². The highest BCUT2D eigenvalue weighted by molar-refractivity contribution is 14.1. The Morgan fingerprint density at radius 3 is 1.41 bits per heavy atom. The number of aryl methyl sites for hydroxylation is 6. The lowest BCUT2D eigenvalue weighted by Crippen LogP contribution is -2.51. The maximum Gasteiger partial charge on any atom is 0.261 e. The fraction of sp³-hybridized carbons (Fsp3) is 0.641. The van der Waals surface area contributed by atoms with Crippen LogP contribution >= 0.6 is 22.6 Å². The molecule has 2 aromatic carbocycles. The molecular weight excluding hydrogens is 1160 g/mol. The summed E-state index contributed by atoms with van der Waals surface area (Å²) in [5.74, 6) is 4.08. The second kappa shape index (κ2) is 28.5. The number of anilines is 2. The number of halogens is 1. The first-order chi connectivity index (χ1) is 40.3. The molecule has 12 rings (SSSR count). The van der Waals surface area contributed by atoms with Gasteiger partial charge in [-0.3, -0.25) is 0 Å². The number of benzene rings is 2. The first-order valence-electron chi connectivity index (χ1n) is 31.2. The fourth-order valence-electron chi connectivity index (χ4n) is 13.5. The number of ether oxygens (including phenoxy) is 3. The van der Waals surface area contributed by atoms with Crippen LogP contribution in [0.3, 0.4) is 0 Å². The Hall–Kier alpha value is -4.92. The molecular formula is C64H90IN13O5. The number of nitrogens with one attached hydrogen (secondary N) is 4. The number of hydrogen-bond acceptors (Lipinski definition) is 18. The van der Waals surface area contributed by atoms with Crippen molar-refractivity contribution in [2.45, 2.75) is 207 Å². The normalized spacial score (nSPS) is 24.1. The first kappa shape index (κ1) is 61.2. The van der Waals surface area contributed by atoms with Gasteiger partial charge in [0.2, 0.25) is 0 Å². The van der Waals surface area contributed by atoms with E-state index in [1.54, 1.807) is 0 Å². The van der Waals surface area contributed by atoms with Crippen LogP contribution in [0, 0.1) is 42.6 Å². The lowest BCUT2D eigenvalue weighted by atomic mass is 9.94. The number of fused-ring (bicyclic) bond motifs is 2. The molecule has 6 atom stereocenters. The quantitative estimate of drug-likeness (QED) is 0.0840. The van der Waals surface area contributed by atoms with E-state index in [0.717, 1.165) is 179 Å². The van der Waals surface area contributed by atoms with Gasteiger partial charge in [-0.05, 0) is 214 Å². The predicted octanol–water partition coefficient (Wildman–Crippen LogP) is 10.6. The molecule has 0 saturated carbocycles. The molecule has 83 heavy (non-hydrogen) atoms. The van der Waals surface area contributed by atoms with Crippen LogP contribution in [0.5, 0.6) is 0 Å². The monoisotopic (exact) mass is 1250 g/mol. The largest absolute Gasteiger partial charge is 0.381 e. The number of hydrogen-bond donors (Lipinski definition) is 4. The lowest BCUT2D eigenvalue weighted by molar-refractivity contribution is 0.0727. The van der Waals surface area contributed by atoms with Crippen LogP contribution in [0.15, 0.2) is 33.3 Å². The van der Waals surface area contributed by atoms with E-state index < -0.39 is 0 Å². The summed E-state index contributed by atoms with van der Waals surface area (Å²) < 4.78 is 29.0. The minimum Gasteiger partial charge on any atom is -0.381 e. The Labute approximate surface area is 505 Å². The summed E-state index contributed by atoms with van der Waals surface area (Å²) in [6.07, 6.45) is 15.4. The van der Waals surface area contributed by atoms with Gasteiger partial charge in [0.15, 0.2) is 11.6 Å². The minimum absolute atomic E-state index is 0.272. The zero-order chi connectivity index (χ0) is 58.1. The van der Waals surface area contributed by atoms with Crippen molar-refractivity contribution in [2.75, 3.05) is 69.1 Å². The number of nitrogens with zero attached hydrogens (tertiary/aromatic N) is 9. The second-order valence-electron chi connectivity index (χ2n) is 24.3. The van der Waals surface area contributed by atoms with Gasteiger partial charge in [0.1, 0.15) is 17.7 Å². The number of piperidine rings is 3. The van der Waals surface area contributed by atoms with Gasteiger partial charge in [0, 0.05) is 121 Å². The molecule has 19 heteroatoms. The molecule has 0 radical (unpaired) electrons. The number of nitriles is 1.